The molecule has 0 aliphatic heterocycles. The van der Waals surface area contributed by atoms with Crippen molar-refractivity contribution >= 4 is 39.1 Å². The van der Waals surface area contributed by atoms with Crippen molar-refractivity contribution in [3.05, 3.63) is 125 Å². The number of hydrogen-bond donors (Lipinski definition) is 1. The summed E-state index contributed by atoms with van der Waals surface area (Å²) in [4.78, 5) is 30.0. The molecule has 10 heteroatoms. The Hall–Kier alpha value is -4.34. The van der Waals surface area contributed by atoms with Crippen LogP contribution in [0.2, 0.25) is 5.02 Å². The molecule has 0 unspecified atom stereocenters. The zero-order valence-electron chi connectivity index (χ0n) is 26.5. The van der Waals surface area contributed by atoms with Gasteiger partial charge in [0.15, 0.2) is 0 Å². The summed E-state index contributed by atoms with van der Waals surface area (Å²) in [7, 11) is -2.67. The Labute approximate surface area is 277 Å². The van der Waals surface area contributed by atoms with E-state index >= 15 is 0 Å². The minimum absolute atomic E-state index is 0.0283. The molecule has 1 N–H and O–H groups in total. The first-order valence-corrected chi connectivity index (χ1v) is 16.9. The highest BCUT2D eigenvalue weighted by atomic mass is 35.5. The Balaban J connectivity index is 1.82. The number of halogens is 1. The molecule has 0 aromatic heterocycles. The van der Waals surface area contributed by atoms with Gasteiger partial charge in [0.25, 0.3) is 10.0 Å². The van der Waals surface area contributed by atoms with E-state index in [1.807, 2.05) is 63.2 Å². The molecule has 0 fully saturated rings. The number of carbonyl (C=O) groups excluding carboxylic acids is 2. The van der Waals surface area contributed by atoms with Crippen molar-refractivity contribution in [3.8, 4) is 5.75 Å². The van der Waals surface area contributed by atoms with Crippen LogP contribution in [0.5, 0.6) is 5.75 Å². The number of nitrogens with zero attached hydrogens (tertiary/aromatic N) is 2. The van der Waals surface area contributed by atoms with Crippen LogP contribution in [0, 0.1) is 6.92 Å². The summed E-state index contributed by atoms with van der Waals surface area (Å²) in [5, 5.41) is 3.36. The maximum Gasteiger partial charge on any atom is 0.264 e. The van der Waals surface area contributed by atoms with Gasteiger partial charge in [0.05, 0.1) is 17.7 Å². The Bertz CT molecular complexity index is 1730. The highest BCUT2D eigenvalue weighted by Gasteiger charge is 2.35. The molecule has 0 bridgehead atoms. The van der Waals surface area contributed by atoms with Crippen molar-refractivity contribution in [2.75, 3.05) is 18.0 Å². The molecule has 8 nitrogen and oxygen atoms in total. The van der Waals surface area contributed by atoms with Gasteiger partial charge in [-0.3, -0.25) is 13.9 Å². The van der Waals surface area contributed by atoms with Crippen molar-refractivity contribution in [2.45, 2.75) is 57.1 Å². The van der Waals surface area contributed by atoms with Crippen LogP contribution in [0.1, 0.15) is 37.0 Å². The molecule has 242 valence electrons. The van der Waals surface area contributed by atoms with Crippen LogP contribution in [-0.4, -0.2) is 50.9 Å². The van der Waals surface area contributed by atoms with Crippen LogP contribution in [0.15, 0.2) is 108 Å². The predicted molar refractivity (Wildman–Crippen MR) is 183 cm³/mol. The maximum absolute atomic E-state index is 14.6. The van der Waals surface area contributed by atoms with E-state index in [9.17, 15) is 18.0 Å². The number of sulfonamides is 1. The third-order valence-corrected chi connectivity index (χ3v) is 9.77. The molecule has 4 rings (SSSR count). The van der Waals surface area contributed by atoms with Crippen LogP contribution < -0.4 is 14.4 Å². The number of nitrogens with one attached hydrogen (secondary N) is 1. The number of carbonyl (C=O) groups is 2. The van der Waals surface area contributed by atoms with Gasteiger partial charge >= 0.3 is 0 Å². The molecular formula is C36H40ClN3O5S. The molecule has 4 aromatic rings. The van der Waals surface area contributed by atoms with Crippen LogP contribution >= 0.6 is 11.6 Å². The highest BCUT2D eigenvalue weighted by molar-refractivity contribution is 7.92. The molecule has 2 amide bonds. The second-order valence-electron chi connectivity index (χ2n) is 11.2. The van der Waals surface area contributed by atoms with Gasteiger partial charge in [-0.2, -0.15) is 0 Å². The number of ether oxygens (including phenoxy) is 1. The number of hydrogen-bond acceptors (Lipinski definition) is 5. The molecule has 0 aliphatic carbocycles. The summed E-state index contributed by atoms with van der Waals surface area (Å²) in [5.74, 6) is -0.292. The highest BCUT2D eigenvalue weighted by Crippen LogP contribution is 2.28. The SMILES string of the molecule is CC[C@H](C)NC(=O)[C@@H](Cc1ccccc1)N(Cc1cccc(OC)c1)C(=O)CN(c1cccc(Cl)c1)S(=O)(=O)c1ccc(C)cc1. The van der Waals surface area contributed by atoms with Crippen LogP contribution in [-0.2, 0) is 32.6 Å². The number of rotatable bonds is 14. The van der Waals surface area contributed by atoms with Gasteiger partial charge in [0.2, 0.25) is 11.8 Å². The Morgan fingerprint density at radius 1 is 0.891 bits per heavy atom. The number of amides is 2. The van der Waals surface area contributed by atoms with E-state index in [0.717, 1.165) is 21.0 Å². The van der Waals surface area contributed by atoms with Gasteiger partial charge in [-0.05, 0) is 73.9 Å². The van der Waals surface area contributed by atoms with Crippen LogP contribution in [0.25, 0.3) is 0 Å². The summed E-state index contributed by atoms with van der Waals surface area (Å²) in [6.07, 6.45) is 0.922. The van der Waals surface area contributed by atoms with Gasteiger partial charge < -0.3 is 15.0 Å². The summed E-state index contributed by atoms with van der Waals surface area (Å²) in [6, 6.07) is 28.4. The third kappa shape index (κ3) is 8.89. The largest absolute Gasteiger partial charge is 0.497 e. The summed E-state index contributed by atoms with van der Waals surface area (Å²) in [5.41, 5.74) is 2.70. The van der Waals surface area contributed by atoms with Crippen LogP contribution in [0.4, 0.5) is 5.69 Å². The molecule has 0 spiro atoms. The van der Waals surface area contributed by atoms with Gasteiger partial charge in [-0.1, -0.05) is 84.8 Å². The summed E-state index contributed by atoms with van der Waals surface area (Å²) < 4.78 is 34.8. The lowest BCUT2D eigenvalue weighted by Crippen LogP contribution is -2.54. The summed E-state index contributed by atoms with van der Waals surface area (Å²) >= 11 is 6.30. The van der Waals surface area contributed by atoms with Gasteiger partial charge in [-0.25, -0.2) is 8.42 Å². The average Bonchev–Trinajstić information content (AvgIpc) is 3.05. The first-order valence-electron chi connectivity index (χ1n) is 15.1. The normalized spacial score (nSPS) is 12.5. The minimum atomic E-state index is -4.22. The first-order chi connectivity index (χ1) is 22.0. The predicted octanol–water partition coefficient (Wildman–Crippen LogP) is 6.41. The van der Waals surface area contributed by atoms with Crippen molar-refractivity contribution in [3.63, 3.8) is 0 Å². The molecular weight excluding hydrogens is 622 g/mol. The number of aryl methyl sites for hydroxylation is 1. The van der Waals surface area contributed by atoms with Gasteiger partial charge in [-0.15, -0.1) is 0 Å². The molecule has 0 saturated heterocycles. The molecule has 4 aromatic carbocycles. The van der Waals surface area contributed by atoms with Crippen LogP contribution in [0.3, 0.4) is 0 Å². The van der Waals surface area contributed by atoms with E-state index in [-0.39, 0.29) is 35.5 Å². The van der Waals surface area contributed by atoms with E-state index in [1.54, 1.807) is 49.6 Å². The van der Waals surface area contributed by atoms with Gasteiger partial charge in [0, 0.05) is 24.0 Å². The van der Waals surface area contributed by atoms with E-state index < -0.39 is 28.5 Å². The van der Waals surface area contributed by atoms with Crippen molar-refractivity contribution in [1.29, 1.82) is 0 Å². The Kier molecular flexibility index (Phi) is 11.8. The number of anilines is 1. The molecule has 0 aliphatic rings. The van der Waals surface area contributed by atoms with Crippen molar-refractivity contribution in [2.24, 2.45) is 0 Å². The quantitative estimate of drug-likeness (QED) is 0.169. The average molecular weight is 662 g/mol. The van der Waals surface area contributed by atoms with Gasteiger partial charge in [0.1, 0.15) is 18.3 Å². The lowest BCUT2D eigenvalue weighted by molar-refractivity contribution is -0.140. The second-order valence-corrected chi connectivity index (χ2v) is 13.5. The lowest BCUT2D eigenvalue weighted by Gasteiger charge is -2.34. The lowest BCUT2D eigenvalue weighted by atomic mass is 10.0. The molecule has 0 saturated carbocycles. The van der Waals surface area contributed by atoms with Crippen molar-refractivity contribution in [1.82, 2.24) is 10.2 Å². The smallest absolute Gasteiger partial charge is 0.264 e. The molecule has 46 heavy (non-hydrogen) atoms. The minimum Gasteiger partial charge on any atom is -0.497 e. The first kappa shape index (κ1) is 34.5. The number of benzene rings is 4. The monoisotopic (exact) mass is 661 g/mol. The molecule has 0 radical (unpaired) electrons. The fourth-order valence-electron chi connectivity index (χ4n) is 4.96. The Morgan fingerprint density at radius 2 is 1.57 bits per heavy atom. The fourth-order valence-corrected chi connectivity index (χ4v) is 6.55. The fraction of sp³-hybridized carbons (Fsp3) is 0.278. The Morgan fingerprint density at radius 3 is 2.22 bits per heavy atom. The van der Waals surface area contributed by atoms with E-state index in [1.165, 1.54) is 23.1 Å². The van der Waals surface area contributed by atoms with Crippen molar-refractivity contribution < 1.29 is 22.7 Å². The molecule has 0 heterocycles. The standard InChI is InChI=1S/C36H40ClN3O5S/c1-5-27(3)38-36(42)34(22-28-11-7-6-8-12-28)39(24-29-13-9-16-32(21-29)45-4)35(41)25-40(31-15-10-14-30(37)23-31)46(43,44)33-19-17-26(2)18-20-33/h6-21,23,27,34H,5,22,24-25H2,1-4H3,(H,38,42)/t27-,34+/m0/s1. The van der Waals surface area contributed by atoms with E-state index in [2.05, 4.69) is 5.32 Å². The maximum atomic E-state index is 14.6. The summed E-state index contributed by atoms with van der Waals surface area (Å²) in [6.45, 7) is 5.20. The topological polar surface area (TPSA) is 96.0 Å². The third-order valence-electron chi connectivity index (χ3n) is 7.74. The molecule has 2 atom stereocenters. The second kappa shape index (κ2) is 15.8. The number of methoxy groups -OCH3 is 1. The van der Waals surface area contributed by atoms with E-state index in [4.69, 9.17) is 16.3 Å². The zero-order chi connectivity index (χ0) is 33.3. The zero-order valence-corrected chi connectivity index (χ0v) is 28.1. The van der Waals surface area contributed by atoms with E-state index in [0.29, 0.717) is 17.2 Å².